The van der Waals surface area contributed by atoms with Gasteiger partial charge in [-0.1, -0.05) is 42.5 Å². The van der Waals surface area contributed by atoms with Crippen molar-refractivity contribution < 1.29 is 22.7 Å². The van der Waals surface area contributed by atoms with Gasteiger partial charge in [-0.25, -0.2) is 4.79 Å². The maximum Gasteiger partial charge on any atom is 0.416 e. The van der Waals surface area contributed by atoms with Crippen LogP contribution in [-0.4, -0.2) is 19.1 Å². The standard InChI is InChI=1S/C21H22F3NO2/c1-2-27-19(26)18(15-6-4-3-5-7-15)25-14-20(12-13-20)16-8-10-17(11-9-16)21(22,23)24/h3-11,18,25H,2,12-14H2,1H3. The summed E-state index contributed by atoms with van der Waals surface area (Å²) in [7, 11) is 0. The number of alkyl halides is 3. The van der Waals surface area contributed by atoms with E-state index in [9.17, 15) is 18.0 Å². The fourth-order valence-electron chi connectivity index (χ4n) is 3.24. The second-order valence-corrected chi connectivity index (χ2v) is 6.83. The number of hydrogen-bond acceptors (Lipinski definition) is 3. The minimum atomic E-state index is -4.34. The van der Waals surface area contributed by atoms with Gasteiger partial charge in [-0.2, -0.15) is 13.2 Å². The van der Waals surface area contributed by atoms with Gasteiger partial charge in [-0.3, -0.25) is 5.32 Å². The predicted octanol–water partition coefficient (Wildman–Crippen LogP) is 4.63. The van der Waals surface area contributed by atoms with Crippen LogP contribution in [0, 0.1) is 0 Å². The molecule has 1 saturated carbocycles. The third-order valence-corrected chi connectivity index (χ3v) is 4.98. The Balaban J connectivity index is 1.74. The molecule has 0 aliphatic heterocycles. The highest BCUT2D eigenvalue weighted by molar-refractivity contribution is 5.77. The number of ether oxygens (including phenoxy) is 1. The van der Waals surface area contributed by atoms with Crippen LogP contribution in [0.4, 0.5) is 13.2 Å². The number of benzene rings is 2. The van der Waals surface area contributed by atoms with Gasteiger partial charge in [0.2, 0.25) is 0 Å². The van der Waals surface area contributed by atoms with Gasteiger partial charge < -0.3 is 4.74 Å². The lowest BCUT2D eigenvalue weighted by Gasteiger charge is -2.23. The van der Waals surface area contributed by atoms with Crippen molar-refractivity contribution in [2.45, 2.75) is 37.4 Å². The van der Waals surface area contributed by atoms with Crippen LogP contribution in [0.2, 0.25) is 0 Å². The van der Waals surface area contributed by atoms with E-state index in [0.29, 0.717) is 6.54 Å². The third-order valence-electron chi connectivity index (χ3n) is 4.98. The molecule has 0 radical (unpaired) electrons. The quantitative estimate of drug-likeness (QED) is 0.715. The number of halogens is 3. The van der Waals surface area contributed by atoms with Crippen molar-refractivity contribution in [1.82, 2.24) is 5.32 Å². The van der Waals surface area contributed by atoms with Gasteiger partial charge in [0.1, 0.15) is 6.04 Å². The molecule has 0 amide bonds. The molecule has 2 aromatic carbocycles. The smallest absolute Gasteiger partial charge is 0.416 e. The van der Waals surface area contributed by atoms with E-state index in [-0.39, 0.29) is 18.0 Å². The van der Waals surface area contributed by atoms with Crippen molar-refractivity contribution in [3.05, 3.63) is 71.3 Å². The molecule has 0 heterocycles. The fourth-order valence-corrected chi connectivity index (χ4v) is 3.24. The molecule has 3 nitrogen and oxygen atoms in total. The maximum absolute atomic E-state index is 12.8. The van der Waals surface area contributed by atoms with Crippen molar-refractivity contribution in [2.24, 2.45) is 0 Å². The molecule has 144 valence electrons. The maximum atomic E-state index is 12.8. The van der Waals surface area contributed by atoms with Gasteiger partial charge in [0.05, 0.1) is 12.2 Å². The number of hydrogen-bond donors (Lipinski definition) is 1. The van der Waals surface area contributed by atoms with Crippen LogP contribution in [0.3, 0.4) is 0 Å². The van der Waals surface area contributed by atoms with E-state index in [0.717, 1.165) is 36.1 Å². The number of rotatable bonds is 7. The summed E-state index contributed by atoms with van der Waals surface area (Å²) in [4.78, 5) is 12.4. The Morgan fingerprint density at radius 1 is 1.11 bits per heavy atom. The molecule has 1 N–H and O–H groups in total. The molecule has 1 fully saturated rings. The molecule has 27 heavy (non-hydrogen) atoms. The lowest BCUT2D eigenvalue weighted by molar-refractivity contribution is -0.146. The average Bonchev–Trinajstić information content (AvgIpc) is 3.44. The molecule has 0 aromatic heterocycles. The Kier molecular flexibility index (Phi) is 5.56. The second-order valence-electron chi connectivity index (χ2n) is 6.83. The molecule has 2 aromatic rings. The average molecular weight is 377 g/mol. The molecule has 1 unspecified atom stereocenters. The highest BCUT2D eigenvalue weighted by Crippen LogP contribution is 2.48. The fraction of sp³-hybridized carbons (Fsp3) is 0.381. The molecular weight excluding hydrogens is 355 g/mol. The second kappa shape index (κ2) is 7.72. The monoisotopic (exact) mass is 377 g/mol. The first-order chi connectivity index (χ1) is 12.9. The third kappa shape index (κ3) is 4.50. The lowest BCUT2D eigenvalue weighted by atomic mass is 9.94. The summed E-state index contributed by atoms with van der Waals surface area (Å²) in [5, 5.41) is 3.27. The Morgan fingerprint density at radius 3 is 2.26 bits per heavy atom. The van der Waals surface area contributed by atoms with E-state index >= 15 is 0 Å². The van der Waals surface area contributed by atoms with Crippen LogP contribution in [0.5, 0.6) is 0 Å². The zero-order valence-corrected chi connectivity index (χ0v) is 15.1. The normalized spacial score (nSPS) is 16.6. The first-order valence-electron chi connectivity index (χ1n) is 8.98. The highest BCUT2D eigenvalue weighted by Gasteiger charge is 2.45. The van der Waals surface area contributed by atoms with Crippen molar-refractivity contribution in [3.8, 4) is 0 Å². The first-order valence-corrected chi connectivity index (χ1v) is 8.98. The molecular formula is C21H22F3NO2. The summed E-state index contributed by atoms with van der Waals surface area (Å²) >= 11 is 0. The van der Waals surface area contributed by atoms with E-state index in [4.69, 9.17) is 4.74 Å². The molecule has 0 spiro atoms. The molecule has 0 saturated heterocycles. The first kappa shape index (κ1) is 19.4. The summed E-state index contributed by atoms with van der Waals surface area (Å²) in [5.41, 5.74) is 0.783. The SMILES string of the molecule is CCOC(=O)C(NCC1(c2ccc(C(F)(F)F)cc2)CC1)c1ccccc1. The largest absolute Gasteiger partial charge is 0.465 e. The molecule has 3 rings (SSSR count). The Bertz CT molecular complexity index is 768. The Labute approximate surface area is 156 Å². The minimum absolute atomic E-state index is 0.232. The molecule has 0 bridgehead atoms. The van der Waals surface area contributed by atoms with Gasteiger partial charge in [0.25, 0.3) is 0 Å². The number of carbonyl (C=O) groups excluding carboxylic acids is 1. The topological polar surface area (TPSA) is 38.3 Å². The van der Waals surface area contributed by atoms with Gasteiger partial charge >= 0.3 is 12.1 Å². The van der Waals surface area contributed by atoms with E-state index in [1.54, 1.807) is 19.1 Å². The minimum Gasteiger partial charge on any atom is -0.465 e. The molecule has 1 aliphatic rings. The van der Waals surface area contributed by atoms with Gasteiger partial charge in [-0.05, 0) is 43.0 Å². The Morgan fingerprint density at radius 2 is 1.74 bits per heavy atom. The van der Waals surface area contributed by atoms with Crippen molar-refractivity contribution in [1.29, 1.82) is 0 Å². The van der Waals surface area contributed by atoms with E-state index < -0.39 is 17.8 Å². The van der Waals surface area contributed by atoms with Crippen LogP contribution in [-0.2, 0) is 21.1 Å². The predicted molar refractivity (Wildman–Crippen MR) is 96.2 cm³/mol. The van der Waals surface area contributed by atoms with Gasteiger partial charge in [0.15, 0.2) is 0 Å². The summed E-state index contributed by atoms with van der Waals surface area (Å²) in [6.45, 7) is 2.54. The van der Waals surface area contributed by atoms with Crippen LogP contribution in [0.25, 0.3) is 0 Å². The summed E-state index contributed by atoms with van der Waals surface area (Å²) in [6.07, 6.45) is -2.60. The number of carbonyl (C=O) groups is 1. The van der Waals surface area contributed by atoms with Gasteiger partial charge in [-0.15, -0.1) is 0 Å². The summed E-state index contributed by atoms with van der Waals surface area (Å²) in [6, 6.07) is 14.0. The zero-order valence-electron chi connectivity index (χ0n) is 15.1. The number of nitrogens with one attached hydrogen (secondary N) is 1. The van der Waals surface area contributed by atoms with E-state index in [1.807, 2.05) is 30.3 Å². The van der Waals surface area contributed by atoms with Gasteiger partial charge in [0, 0.05) is 12.0 Å². The Hall–Kier alpha value is -2.34. The molecule has 6 heteroatoms. The van der Waals surface area contributed by atoms with Crippen molar-refractivity contribution >= 4 is 5.97 Å². The van der Waals surface area contributed by atoms with E-state index in [1.165, 1.54) is 0 Å². The zero-order chi connectivity index (χ0) is 19.5. The summed E-state index contributed by atoms with van der Waals surface area (Å²) in [5.74, 6) is -0.355. The highest BCUT2D eigenvalue weighted by atomic mass is 19.4. The van der Waals surface area contributed by atoms with Crippen LogP contribution < -0.4 is 5.32 Å². The molecule has 1 aliphatic carbocycles. The lowest BCUT2D eigenvalue weighted by Crippen LogP contribution is -2.35. The van der Waals surface area contributed by atoms with Crippen LogP contribution >= 0.6 is 0 Å². The van der Waals surface area contributed by atoms with Crippen LogP contribution in [0.1, 0.15) is 42.5 Å². The van der Waals surface area contributed by atoms with Crippen molar-refractivity contribution in [2.75, 3.05) is 13.2 Å². The van der Waals surface area contributed by atoms with Crippen molar-refractivity contribution in [3.63, 3.8) is 0 Å². The van der Waals surface area contributed by atoms with Crippen LogP contribution in [0.15, 0.2) is 54.6 Å². The van der Waals surface area contributed by atoms with E-state index in [2.05, 4.69) is 5.32 Å². The molecule has 1 atom stereocenters. The summed E-state index contributed by atoms with van der Waals surface area (Å²) < 4.78 is 43.5. The number of esters is 1.